The normalized spacial score (nSPS) is 10.4. The van der Waals surface area contributed by atoms with Crippen molar-refractivity contribution in [3.63, 3.8) is 0 Å². The highest BCUT2D eigenvalue weighted by molar-refractivity contribution is 5.94. The summed E-state index contributed by atoms with van der Waals surface area (Å²) < 4.78 is 4.98. The first kappa shape index (κ1) is 17.2. The minimum absolute atomic E-state index is 0.0520. The molecule has 1 aromatic rings. The van der Waals surface area contributed by atoms with Crippen LogP contribution in [0.4, 0.5) is 0 Å². The van der Waals surface area contributed by atoms with Crippen LogP contribution < -0.4 is 0 Å². The summed E-state index contributed by atoms with van der Waals surface area (Å²) in [5.41, 5.74) is 2.78. The monoisotopic (exact) mass is 293 g/mol. The Balaban J connectivity index is 2.81. The van der Waals surface area contributed by atoms with Crippen LogP contribution in [0.5, 0.6) is 0 Å². The van der Waals surface area contributed by atoms with E-state index in [2.05, 4.69) is 0 Å². The lowest BCUT2D eigenvalue weighted by molar-refractivity contribution is -0.137. The molecule has 21 heavy (non-hydrogen) atoms. The average Bonchev–Trinajstić information content (AvgIpc) is 2.44. The number of benzene rings is 1. The van der Waals surface area contributed by atoms with Crippen LogP contribution in [0.3, 0.4) is 0 Å². The molecule has 116 valence electrons. The molecule has 0 fully saturated rings. The van der Waals surface area contributed by atoms with Crippen LogP contribution in [0.15, 0.2) is 18.2 Å². The van der Waals surface area contributed by atoms with E-state index in [1.807, 2.05) is 26.0 Å². The van der Waals surface area contributed by atoms with Crippen LogP contribution >= 0.6 is 0 Å². The zero-order valence-corrected chi connectivity index (χ0v) is 12.9. The molecule has 5 heteroatoms. The number of nitrogens with zero attached hydrogens (tertiary/aromatic N) is 1. The summed E-state index contributed by atoms with van der Waals surface area (Å²) in [4.78, 5) is 24.8. The fourth-order valence-electron chi connectivity index (χ4n) is 2.00. The molecule has 1 rings (SSSR count). The Bertz CT molecular complexity index is 499. The molecule has 1 N–H and O–H groups in total. The number of carboxylic acids is 1. The second-order valence-corrected chi connectivity index (χ2v) is 5.08. The van der Waals surface area contributed by atoms with Crippen molar-refractivity contribution in [2.24, 2.45) is 0 Å². The Morgan fingerprint density at radius 3 is 2.48 bits per heavy atom. The lowest BCUT2D eigenvalue weighted by Gasteiger charge is -2.22. The van der Waals surface area contributed by atoms with Gasteiger partial charge in [-0.15, -0.1) is 0 Å². The standard InChI is InChI=1S/C16H23NO4/c1-12-5-6-14(11-13(12)2)16(20)17(8-4-10-21-3)9-7-15(18)19/h5-6,11H,4,7-10H2,1-3H3,(H,18,19). The lowest BCUT2D eigenvalue weighted by Crippen LogP contribution is -2.34. The molecule has 0 heterocycles. The van der Waals surface area contributed by atoms with Gasteiger partial charge in [-0.1, -0.05) is 6.07 Å². The van der Waals surface area contributed by atoms with Gasteiger partial charge in [0, 0.05) is 32.4 Å². The highest BCUT2D eigenvalue weighted by Crippen LogP contribution is 2.13. The Hall–Kier alpha value is -1.88. The third-order valence-electron chi connectivity index (χ3n) is 3.41. The van der Waals surface area contributed by atoms with Crippen LogP contribution in [0.25, 0.3) is 0 Å². The molecule has 5 nitrogen and oxygen atoms in total. The minimum Gasteiger partial charge on any atom is -0.481 e. The second-order valence-electron chi connectivity index (χ2n) is 5.08. The van der Waals surface area contributed by atoms with Gasteiger partial charge in [-0.25, -0.2) is 0 Å². The van der Waals surface area contributed by atoms with Crippen molar-refractivity contribution in [1.29, 1.82) is 0 Å². The van der Waals surface area contributed by atoms with Crippen LogP contribution in [-0.2, 0) is 9.53 Å². The van der Waals surface area contributed by atoms with Crippen molar-refractivity contribution >= 4 is 11.9 Å². The fourth-order valence-corrected chi connectivity index (χ4v) is 2.00. The largest absolute Gasteiger partial charge is 0.481 e. The van der Waals surface area contributed by atoms with E-state index in [0.717, 1.165) is 11.1 Å². The number of carbonyl (C=O) groups is 2. The SMILES string of the molecule is COCCCN(CCC(=O)O)C(=O)c1ccc(C)c(C)c1. The van der Waals surface area contributed by atoms with E-state index in [1.165, 1.54) is 0 Å². The van der Waals surface area contributed by atoms with Gasteiger partial charge in [0.15, 0.2) is 0 Å². The lowest BCUT2D eigenvalue weighted by atomic mass is 10.1. The van der Waals surface area contributed by atoms with Crippen molar-refractivity contribution < 1.29 is 19.4 Å². The molecular weight excluding hydrogens is 270 g/mol. The number of rotatable bonds is 8. The predicted octanol–water partition coefficient (Wildman–Crippen LogP) is 2.26. The summed E-state index contributed by atoms with van der Waals surface area (Å²) in [6.45, 7) is 5.20. The maximum atomic E-state index is 12.5. The number of methoxy groups -OCH3 is 1. The molecule has 0 saturated carbocycles. The third kappa shape index (κ3) is 5.55. The van der Waals surface area contributed by atoms with E-state index in [4.69, 9.17) is 9.84 Å². The molecule has 0 radical (unpaired) electrons. The van der Waals surface area contributed by atoms with E-state index >= 15 is 0 Å². The van der Waals surface area contributed by atoms with E-state index in [-0.39, 0.29) is 18.9 Å². The highest BCUT2D eigenvalue weighted by Gasteiger charge is 2.17. The number of aryl methyl sites for hydroxylation is 2. The first-order valence-electron chi connectivity index (χ1n) is 7.03. The highest BCUT2D eigenvalue weighted by atomic mass is 16.5. The molecule has 1 amide bonds. The number of hydrogen-bond acceptors (Lipinski definition) is 3. The van der Waals surface area contributed by atoms with Gasteiger partial charge in [0.25, 0.3) is 5.91 Å². The van der Waals surface area contributed by atoms with Gasteiger partial charge in [0.2, 0.25) is 0 Å². The number of carboxylic acid groups (broad SMARTS) is 1. The van der Waals surface area contributed by atoms with Gasteiger partial charge >= 0.3 is 5.97 Å². The van der Waals surface area contributed by atoms with Crippen molar-refractivity contribution in [3.8, 4) is 0 Å². The van der Waals surface area contributed by atoms with E-state index in [9.17, 15) is 9.59 Å². The Morgan fingerprint density at radius 2 is 1.90 bits per heavy atom. The molecule has 0 bridgehead atoms. The van der Waals surface area contributed by atoms with Gasteiger partial charge < -0.3 is 14.7 Å². The smallest absolute Gasteiger partial charge is 0.305 e. The van der Waals surface area contributed by atoms with Crippen molar-refractivity contribution in [2.75, 3.05) is 26.8 Å². The van der Waals surface area contributed by atoms with Crippen LogP contribution in [0, 0.1) is 13.8 Å². The van der Waals surface area contributed by atoms with Crippen molar-refractivity contribution in [1.82, 2.24) is 4.90 Å². The van der Waals surface area contributed by atoms with Gasteiger partial charge in [0.1, 0.15) is 0 Å². The number of aliphatic carboxylic acids is 1. The summed E-state index contributed by atoms with van der Waals surface area (Å²) in [6.07, 6.45) is 0.635. The summed E-state index contributed by atoms with van der Waals surface area (Å²) in [5.74, 6) is -1.03. The topological polar surface area (TPSA) is 66.8 Å². The van der Waals surface area contributed by atoms with Crippen molar-refractivity contribution in [2.45, 2.75) is 26.7 Å². The molecule has 0 unspecified atom stereocenters. The predicted molar refractivity (Wildman–Crippen MR) is 80.6 cm³/mol. The zero-order valence-electron chi connectivity index (χ0n) is 12.9. The number of amides is 1. The third-order valence-corrected chi connectivity index (χ3v) is 3.41. The van der Waals surface area contributed by atoms with Crippen LogP contribution in [0.2, 0.25) is 0 Å². The molecule has 0 aliphatic heterocycles. The molecule has 0 atom stereocenters. The number of ether oxygens (including phenoxy) is 1. The van der Waals surface area contributed by atoms with Gasteiger partial charge in [0.05, 0.1) is 6.42 Å². The zero-order chi connectivity index (χ0) is 15.8. The van der Waals surface area contributed by atoms with E-state index in [0.29, 0.717) is 25.1 Å². The first-order valence-corrected chi connectivity index (χ1v) is 7.03. The quantitative estimate of drug-likeness (QED) is 0.747. The summed E-state index contributed by atoms with van der Waals surface area (Å²) in [6, 6.07) is 5.55. The molecule has 0 aromatic heterocycles. The summed E-state index contributed by atoms with van der Waals surface area (Å²) >= 11 is 0. The summed E-state index contributed by atoms with van der Waals surface area (Å²) in [5, 5.41) is 8.80. The first-order chi connectivity index (χ1) is 9.95. The van der Waals surface area contributed by atoms with Gasteiger partial charge in [-0.3, -0.25) is 9.59 Å². The Morgan fingerprint density at radius 1 is 1.19 bits per heavy atom. The maximum Gasteiger partial charge on any atom is 0.305 e. The van der Waals surface area contributed by atoms with E-state index in [1.54, 1.807) is 18.1 Å². The minimum atomic E-state index is -0.903. The average molecular weight is 293 g/mol. The van der Waals surface area contributed by atoms with E-state index < -0.39 is 5.97 Å². The molecular formula is C16H23NO4. The van der Waals surface area contributed by atoms with Crippen molar-refractivity contribution in [3.05, 3.63) is 34.9 Å². The fraction of sp³-hybridized carbons (Fsp3) is 0.500. The van der Waals surface area contributed by atoms with Crippen LogP contribution in [0.1, 0.15) is 34.3 Å². The van der Waals surface area contributed by atoms with Gasteiger partial charge in [-0.2, -0.15) is 0 Å². The Labute approximate surface area is 125 Å². The molecule has 1 aromatic carbocycles. The maximum absolute atomic E-state index is 12.5. The Kier molecular flexibility index (Phi) is 6.88. The summed E-state index contributed by atoms with van der Waals surface area (Å²) in [7, 11) is 1.60. The molecule has 0 aliphatic carbocycles. The second kappa shape index (κ2) is 8.42. The molecule has 0 spiro atoms. The molecule has 0 saturated heterocycles. The van der Waals surface area contributed by atoms with Gasteiger partial charge in [-0.05, 0) is 43.5 Å². The van der Waals surface area contributed by atoms with Crippen LogP contribution in [-0.4, -0.2) is 48.7 Å². The number of hydrogen-bond donors (Lipinski definition) is 1. The number of carbonyl (C=O) groups excluding carboxylic acids is 1. The molecule has 0 aliphatic rings.